The number of aromatic nitrogens is 2. The van der Waals surface area contributed by atoms with Gasteiger partial charge in [0.2, 0.25) is 0 Å². The van der Waals surface area contributed by atoms with E-state index in [1.54, 1.807) is 13.8 Å². The second-order valence-corrected chi connectivity index (χ2v) is 8.25. The van der Waals surface area contributed by atoms with Gasteiger partial charge in [-0.2, -0.15) is 0 Å². The Bertz CT molecular complexity index is 873. The summed E-state index contributed by atoms with van der Waals surface area (Å²) in [7, 11) is 0. The summed E-state index contributed by atoms with van der Waals surface area (Å²) in [6.45, 7) is 5.37. The number of nitro groups is 1. The molecule has 0 fully saturated rings. The molecule has 0 radical (unpaired) electrons. The first-order valence-electron chi connectivity index (χ1n) is 8.00. The third-order valence-electron chi connectivity index (χ3n) is 4.41. The summed E-state index contributed by atoms with van der Waals surface area (Å²) in [4.78, 5) is 11.6. The van der Waals surface area contributed by atoms with Gasteiger partial charge in [-0.1, -0.05) is 0 Å². The summed E-state index contributed by atoms with van der Waals surface area (Å²) in [5, 5.41) is 16.2. The van der Waals surface area contributed by atoms with Gasteiger partial charge in [-0.3, -0.25) is 0 Å². The van der Waals surface area contributed by atoms with Gasteiger partial charge in [-0.15, -0.1) is 0 Å². The van der Waals surface area contributed by atoms with Gasteiger partial charge in [0.15, 0.2) is 0 Å². The van der Waals surface area contributed by atoms with E-state index >= 15 is 0 Å². The van der Waals surface area contributed by atoms with Crippen molar-refractivity contribution in [2.24, 2.45) is 0 Å². The maximum absolute atomic E-state index is 11.8. The molecular formula is C19H19N3O2Se. The van der Waals surface area contributed by atoms with Crippen molar-refractivity contribution in [1.29, 1.82) is 0 Å². The van der Waals surface area contributed by atoms with Crippen molar-refractivity contribution in [2.45, 2.75) is 32.2 Å². The number of nitrogens with zero attached hydrogens (tertiary/aromatic N) is 3. The van der Waals surface area contributed by atoms with E-state index in [4.69, 9.17) is 0 Å². The molecular weight excluding hydrogens is 381 g/mol. The van der Waals surface area contributed by atoms with Crippen molar-refractivity contribution in [2.75, 3.05) is 0 Å². The standard InChI is InChI=1S/C19H19N3O2Se/c1-13-9-11-14(12-10-13)16(19(2,3)22(23)24)18-17(20-21-25-18)15-7-5-4-6-8-15/h4-12,16H,1-3H3. The molecule has 1 heterocycles. The molecule has 2 aromatic carbocycles. The average molecular weight is 400 g/mol. The summed E-state index contributed by atoms with van der Waals surface area (Å²) < 4.78 is 5.21. The minimum absolute atomic E-state index is 0.193. The molecule has 6 heteroatoms. The first kappa shape index (κ1) is 17.5. The quantitative estimate of drug-likeness (QED) is 0.372. The van der Waals surface area contributed by atoms with Crippen molar-refractivity contribution < 1.29 is 4.92 Å². The van der Waals surface area contributed by atoms with Crippen molar-refractivity contribution in [3.63, 3.8) is 0 Å². The normalized spacial score (nSPS) is 12.8. The van der Waals surface area contributed by atoms with Gasteiger partial charge >= 0.3 is 153 Å². The van der Waals surface area contributed by atoms with Crippen molar-refractivity contribution in [3.05, 3.63) is 80.3 Å². The van der Waals surface area contributed by atoms with Crippen LogP contribution in [-0.2, 0) is 0 Å². The van der Waals surface area contributed by atoms with Crippen LogP contribution in [0.3, 0.4) is 0 Å². The fraction of sp³-hybridized carbons (Fsp3) is 0.263. The second kappa shape index (κ2) is 6.90. The van der Waals surface area contributed by atoms with E-state index in [9.17, 15) is 10.1 Å². The summed E-state index contributed by atoms with van der Waals surface area (Å²) in [6.07, 6.45) is 0. The first-order valence-corrected chi connectivity index (χ1v) is 9.62. The molecule has 0 N–H and O–H groups in total. The fourth-order valence-corrected chi connectivity index (χ4v) is 5.00. The van der Waals surface area contributed by atoms with Gasteiger partial charge in [-0.05, 0) is 0 Å². The molecule has 0 bridgehead atoms. The molecule has 0 spiro atoms. The molecule has 0 amide bonds. The Kier molecular flexibility index (Phi) is 4.84. The van der Waals surface area contributed by atoms with Crippen LogP contribution >= 0.6 is 0 Å². The zero-order valence-electron chi connectivity index (χ0n) is 14.3. The van der Waals surface area contributed by atoms with E-state index in [2.05, 4.69) is 9.19 Å². The van der Waals surface area contributed by atoms with Crippen molar-refractivity contribution >= 4 is 14.7 Å². The summed E-state index contributed by atoms with van der Waals surface area (Å²) in [5.41, 5.74) is 2.65. The average Bonchev–Trinajstić information content (AvgIpc) is 3.06. The molecule has 0 saturated heterocycles. The molecule has 0 aliphatic rings. The maximum atomic E-state index is 11.8. The second-order valence-electron chi connectivity index (χ2n) is 6.61. The third-order valence-corrected chi connectivity index (χ3v) is 6.07. The van der Waals surface area contributed by atoms with E-state index in [1.807, 2.05) is 61.5 Å². The van der Waals surface area contributed by atoms with E-state index in [1.165, 1.54) is 0 Å². The first-order chi connectivity index (χ1) is 11.9. The topological polar surface area (TPSA) is 68.9 Å². The van der Waals surface area contributed by atoms with Crippen LogP contribution in [0.1, 0.15) is 35.3 Å². The van der Waals surface area contributed by atoms with E-state index in [0.717, 1.165) is 26.8 Å². The number of hydrogen-bond acceptors (Lipinski definition) is 4. The zero-order valence-corrected chi connectivity index (χ0v) is 16.1. The van der Waals surface area contributed by atoms with Crippen LogP contribution in [0, 0.1) is 17.0 Å². The van der Waals surface area contributed by atoms with Gasteiger partial charge < -0.3 is 0 Å². The number of rotatable bonds is 5. The summed E-state index contributed by atoms with van der Waals surface area (Å²) in [6, 6.07) is 17.7. The Hall–Kier alpha value is -2.30. The minimum atomic E-state index is -1.15. The van der Waals surface area contributed by atoms with Crippen LogP contribution in [0.4, 0.5) is 0 Å². The predicted octanol–water partition coefficient (Wildman–Crippen LogP) is 3.70. The van der Waals surface area contributed by atoms with Gasteiger partial charge in [0.05, 0.1) is 0 Å². The molecule has 1 atom stereocenters. The molecule has 1 aromatic heterocycles. The Morgan fingerprint density at radius 1 is 1.08 bits per heavy atom. The molecule has 0 aliphatic carbocycles. The van der Waals surface area contributed by atoms with Gasteiger partial charge in [0.25, 0.3) is 0 Å². The van der Waals surface area contributed by atoms with Crippen LogP contribution in [0.25, 0.3) is 11.3 Å². The summed E-state index contributed by atoms with van der Waals surface area (Å²) >= 11 is -0.242. The van der Waals surface area contributed by atoms with E-state index in [0.29, 0.717) is 0 Å². The molecule has 0 saturated carbocycles. The Labute approximate surface area is 152 Å². The van der Waals surface area contributed by atoms with Crippen molar-refractivity contribution in [3.8, 4) is 11.3 Å². The Balaban J connectivity index is 2.19. The van der Waals surface area contributed by atoms with Crippen LogP contribution in [0.5, 0.6) is 0 Å². The van der Waals surface area contributed by atoms with Gasteiger partial charge in [-0.25, -0.2) is 0 Å². The molecule has 1 unspecified atom stereocenters. The van der Waals surface area contributed by atoms with Gasteiger partial charge in [0.1, 0.15) is 0 Å². The SMILES string of the molecule is Cc1ccc(C(c2[se]nnc2-c2ccccc2)C(C)(C)[N+](=O)[O-])cc1. The van der Waals surface area contributed by atoms with Crippen LogP contribution in [-0.4, -0.2) is 34.4 Å². The molecule has 5 nitrogen and oxygen atoms in total. The zero-order chi connectivity index (χ0) is 18.0. The molecule has 3 aromatic rings. The summed E-state index contributed by atoms with van der Waals surface area (Å²) in [5.74, 6) is -0.367. The molecule has 3 rings (SSSR count). The Morgan fingerprint density at radius 3 is 2.32 bits per heavy atom. The molecule has 0 aliphatic heterocycles. The number of aryl methyl sites for hydroxylation is 1. The third kappa shape index (κ3) is 3.41. The van der Waals surface area contributed by atoms with Crippen LogP contribution < -0.4 is 0 Å². The van der Waals surface area contributed by atoms with Crippen LogP contribution in [0.15, 0.2) is 54.6 Å². The fourth-order valence-electron chi connectivity index (χ4n) is 2.93. The van der Waals surface area contributed by atoms with Crippen molar-refractivity contribution in [1.82, 2.24) is 9.19 Å². The molecule has 25 heavy (non-hydrogen) atoms. The number of hydrogen-bond donors (Lipinski definition) is 0. The van der Waals surface area contributed by atoms with E-state index < -0.39 is 5.54 Å². The Morgan fingerprint density at radius 2 is 1.72 bits per heavy atom. The monoisotopic (exact) mass is 401 g/mol. The molecule has 128 valence electrons. The predicted molar refractivity (Wildman–Crippen MR) is 98.5 cm³/mol. The number of benzene rings is 2. The van der Waals surface area contributed by atoms with E-state index in [-0.39, 0.29) is 25.6 Å². The van der Waals surface area contributed by atoms with Crippen LogP contribution in [0.2, 0.25) is 0 Å². The van der Waals surface area contributed by atoms with Gasteiger partial charge in [0, 0.05) is 0 Å².